The van der Waals surface area contributed by atoms with Gasteiger partial charge in [-0.05, 0) is 70.6 Å². The largest absolute Gasteiger partial charge is 0.507 e. The molecule has 7 nitrogen and oxygen atoms in total. The minimum absolute atomic E-state index is 0.166. The maximum Gasteiger partial charge on any atom is 0.339 e. The molecule has 0 saturated heterocycles. The van der Waals surface area contributed by atoms with E-state index in [0.717, 1.165) is 26.2 Å². The number of carboxylic acids is 1. The van der Waals surface area contributed by atoms with Crippen LogP contribution in [0.2, 0.25) is 0 Å². The number of nitrogens with one attached hydrogen (secondary N) is 1. The Morgan fingerprint density at radius 1 is 1.10 bits per heavy atom. The Bertz CT molecular complexity index is 1230. The Kier molecular flexibility index (Phi) is 5.17. The van der Waals surface area contributed by atoms with Crippen molar-refractivity contribution in [3.8, 4) is 17.0 Å². The fourth-order valence-corrected chi connectivity index (χ4v) is 3.29. The number of hydrogen-bond donors (Lipinski definition) is 3. The van der Waals surface area contributed by atoms with Crippen LogP contribution in [0.4, 0.5) is 5.69 Å². The first-order chi connectivity index (χ1) is 14.0. The summed E-state index contributed by atoms with van der Waals surface area (Å²) in [5, 5.41) is 22.7. The summed E-state index contributed by atoms with van der Waals surface area (Å²) < 4.78 is 3.14. The van der Waals surface area contributed by atoms with Gasteiger partial charge in [-0.2, -0.15) is 5.10 Å². The number of halogens is 1. The third kappa shape index (κ3) is 4.21. The summed E-state index contributed by atoms with van der Waals surface area (Å²) in [4.78, 5) is 15.7. The number of benzene rings is 2. The molecule has 4 rings (SSSR count). The lowest BCUT2D eigenvalue weighted by Gasteiger charge is -2.03. The Balaban J connectivity index is 1.47. The fourth-order valence-electron chi connectivity index (χ4n) is 2.81. The van der Waals surface area contributed by atoms with Gasteiger partial charge in [-0.3, -0.25) is 5.43 Å². The number of hydrogen-bond acceptors (Lipinski definition) is 5. The Labute approximate surface area is 179 Å². The number of hydrazone groups is 1. The molecule has 0 aliphatic heterocycles. The van der Waals surface area contributed by atoms with Crippen molar-refractivity contribution in [3.63, 3.8) is 0 Å². The monoisotopic (exact) mass is 498 g/mol. The van der Waals surface area contributed by atoms with Crippen molar-refractivity contribution in [1.82, 2.24) is 9.38 Å². The quantitative estimate of drug-likeness (QED) is 0.215. The normalized spacial score (nSPS) is 11.2. The molecule has 2 heterocycles. The zero-order valence-electron chi connectivity index (χ0n) is 15.0. The van der Waals surface area contributed by atoms with Crippen LogP contribution < -0.4 is 5.43 Å². The molecule has 0 atom stereocenters. The predicted octanol–water partition coefficient (Wildman–Crippen LogP) is 4.46. The molecule has 0 radical (unpaired) electrons. The smallest absolute Gasteiger partial charge is 0.339 e. The molecule has 29 heavy (non-hydrogen) atoms. The molecule has 0 amide bonds. The van der Waals surface area contributed by atoms with Crippen molar-refractivity contribution in [2.75, 3.05) is 5.43 Å². The van der Waals surface area contributed by atoms with Crippen molar-refractivity contribution in [1.29, 1.82) is 0 Å². The van der Waals surface area contributed by atoms with E-state index in [2.05, 4.69) is 38.1 Å². The first-order valence-electron chi connectivity index (χ1n) is 8.60. The van der Waals surface area contributed by atoms with Crippen LogP contribution in [0.1, 0.15) is 15.9 Å². The number of pyridine rings is 1. The van der Waals surface area contributed by atoms with Gasteiger partial charge in [0.15, 0.2) is 0 Å². The lowest BCUT2D eigenvalue weighted by Crippen LogP contribution is -1.98. The van der Waals surface area contributed by atoms with E-state index in [1.54, 1.807) is 6.07 Å². The first kappa shape index (κ1) is 18.9. The molecule has 0 aliphatic carbocycles. The van der Waals surface area contributed by atoms with E-state index in [-0.39, 0.29) is 11.3 Å². The molecule has 0 fully saturated rings. The summed E-state index contributed by atoms with van der Waals surface area (Å²) in [5.41, 5.74) is 6.83. The van der Waals surface area contributed by atoms with Gasteiger partial charge in [0.05, 0.1) is 17.6 Å². The van der Waals surface area contributed by atoms with Gasteiger partial charge in [0.1, 0.15) is 17.0 Å². The molecule has 3 N–H and O–H groups in total. The molecule has 0 bridgehead atoms. The summed E-state index contributed by atoms with van der Waals surface area (Å²) in [7, 11) is 0. The molecule has 2 aromatic heterocycles. The number of fused-ring (bicyclic) bond motifs is 1. The van der Waals surface area contributed by atoms with Crippen LogP contribution >= 0.6 is 22.6 Å². The van der Waals surface area contributed by atoms with Gasteiger partial charge in [-0.15, -0.1) is 0 Å². The van der Waals surface area contributed by atoms with E-state index in [1.807, 2.05) is 53.2 Å². The van der Waals surface area contributed by atoms with E-state index in [4.69, 9.17) is 5.11 Å². The number of nitrogens with zero attached hydrogens (tertiary/aromatic N) is 3. The van der Waals surface area contributed by atoms with Gasteiger partial charge < -0.3 is 14.6 Å². The highest BCUT2D eigenvalue weighted by Crippen LogP contribution is 2.22. The summed E-state index contributed by atoms with van der Waals surface area (Å²) in [6.07, 6.45) is 5.50. The highest BCUT2D eigenvalue weighted by molar-refractivity contribution is 14.1. The number of phenols is 1. The summed E-state index contributed by atoms with van der Waals surface area (Å²) in [6.45, 7) is 0. The highest BCUT2D eigenvalue weighted by Gasteiger charge is 2.09. The molecule has 8 heteroatoms. The van der Waals surface area contributed by atoms with E-state index in [1.165, 1.54) is 18.3 Å². The van der Waals surface area contributed by atoms with E-state index in [0.29, 0.717) is 5.56 Å². The standard InChI is InChI=1S/C21H15IN4O3/c22-15-4-8-20-24-18(12-26(20)11-15)14-2-5-16(6-3-14)25-23-10-13-1-7-19(27)17(9-13)21(28)29/h1-12,25,27H,(H,28,29). The minimum atomic E-state index is -1.19. The second kappa shape index (κ2) is 7.92. The van der Waals surface area contributed by atoms with Gasteiger partial charge in [0, 0.05) is 21.5 Å². The molecule has 0 saturated carbocycles. The number of aromatic nitrogens is 2. The zero-order valence-corrected chi connectivity index (χ0v) is 17.1. The Morgan fingerprint density at radius 2 is 1.90 bits per heavy atom. The predicted molar refractivity (Wildman–Crippen MR) is 120 cm³/mol. The van der Waals surface area contributed by atoms with Crippen molar-refractivity contribution < 1.29 is 15.0 Å². The average molecular weight is 498 g/mol. The Hall–Kier alpha value is -3.40. The summed E-state index contributed by atoms with van der Waals surface area (Å²) >= 11 is 2.27. The zero-order chi connectivity index (χ0) is 20.4. The third-order valence-electron chi connectivity index (χ3n) is 4.25. The maximum absolute atomic E-state index is 11.1. The van der Waals surface area contributed by atoms with Crippen LogP contribution in [0, 0.1) is 3.57 Å². The van der Waals surface area contributed by atoms with Crippen LogP contribution in [-0.2, 0) is 0 Å². The summed E-state index contributed by atoms with van der Waals surface area (Å²) in [5.74, 6) is -1.47. The molecule has 2 aromatic carbocycles. The van der Waals surface area contributed by atoms with Crippen LogP contribution in [-0.4, -0.2) is 31.8 Å². The van der Waals surface area contributed by atoms with E-state index < -0.39 is 5.97 Å². The second-order valence-electron chi connectivity index (χ2n) is 6.27. The molecular weight excluding hydrogens is 483 g/mol. The highest BCUT2D eigenvalue weighted by atomic mass is 127. The number of aromatic carboxylic acids is 1. The first-order valence-corrected chi connectivity index (χ1v) is 9.67. The third-order valence-corrected chi connectivity index (χ3v) is 4.89. The number of carboxylic acid groups (broad SMARTS) is 1. The van der Waals surface area contributed by atoms with Crippen LogP contribution in [0.15, 0.2) is 72.1 Å². The van der Waals surface area contributed by atoms with Crippen LogP contribution in [0.5, 0.6) is 5.75 Å². The molecule has 0 aliphatic rings. The van der Waals surface area contributed by atoms with Crippen molar-refractivity contribution in [2.24, 2.45) is 5.10 Å². The molecule has 0 spiro atoms. The minimum Gasteiger partial charge on any atom is -0.507 e. The van der Waals surface area contributed by atoms with Crippen LogP contribution in [0.25, 0.3) is 16.9 Å². The topological polar surface area (TPSA) is 99.2 Å². The van der Waals surface area contributed by atoms with Crippen molar-refractivity contribution in [2.45, 2.75) is 0 Å². The van der Waals surface area contributed by atoms with Crippen molar-refractivity contribution in [3.05, 3.63) is 81.7 Å². The van der Waals surface area contributed by atoms with Gasteiger partial charge in [0.25, 0.3) is 0 Å². The number of anilines is 1. The Morgan fingerprint density at radius 3 is 2.66 bits per heavy atom. The molecule has 0 unspecified atom stereocenters. The van der Waals surface area contributed by atoms with Gasteiger partial charge in [0.2, 0.25) is 0 Å². The lowest BCUT2D eigenvalue weighted by atomic mass is 10.1. The lowest BCUT2D eigenvalue weighted by molar-refractivity contribution is 0.0693. The number of imidazole rings is 1. The van der Waals surface area contributed by atoms with Crippen molar-refractivity contribution >= 4 is 46.1 Å². The number of carbonyl (C=O) groups is 1. The molecule has 144 valence electrons. The molecular formula is C21H15IN4O3. The van der Waals surface area contributed by atoms with E-state index >= 15 is 0 Å². The summed E-state index contributed by atoms with van der Waals surface area (Å²) in [6, 6.07) is 16.0. The molecule has 4 aromatic rings. The SMILES string of the molecule is O=C(O)c1cc(C=NNc2ccc(-c3cn4cc(I)ccc4n3)cc2)ccc1O. The second-order valence-corrected chi connectivity index (χ2v) is 7.51. The van der Waals surface area contributed by atoms with E-state index in [9.17, 15) is 9.90 Å². The number of aromatic hydroxyl groups is 1. The maximum atomic E-state index is 11.1. The van der Waals surface area contributed by atoms with Gasteiger partial charge >= 0.3 is 5.97 Å². The average Bonchev–Trinajstić information content (AvgIpc) is 3.12. The van der Waals surface area contributed by atoms with Gasteiger partial charge in [-0.25, -0.2) is 9.78 Å². The fraction of sp³-hybridized carbons (Fsp3) is 0. The van der Waals surface area contributed by atoms with Gasteiger partial charge in [-0.1, -0.05) is 12.1 Å². The van der Waals surface area contributed by atoms with Crippen LogP contribution in [0.3, 0.4) is 0 Å². The number of rotatable bonds is 5.